The average molecular weight is 387 g/mol. The Bertz CT molecular complexity index is 998. The van der Waals surface area contributed by atoms with Crippen LogP contribution in [0.25, 0.3) is 11.3 Å². The molecular formula is C18H17N3O3S2. The van der Waals surface area contributed by atoms with Crippen LogP contribution in [0.1, 0.15) is 15.2 Å². The van der Waals surface area contributed by atoms with Gasteiger partial charge in [-0.15, -0.1) is 11.3 Å². The molecule has 2 aromatic carbocycles. The van der Waals surface area contributed by atoms with Crippen LogP contribution < -0.4 is 10.5 Å². The number of benzene rings is 2. The zero-order valence-corrected chi connectivity index (χ0v) is 15.4. The van der Waals surface area contributed by atoms with Crippen molar-refractivity contribution in [1.82, 2.24) is 10.3 Å². The normalized spacial score (nSPS) is 11.3. The minimum atomic E-state index is -3.69. The Balaban J connectivity index is 1.61. The lowest BCUT2D eigenvalue weighted by Gasteiger charge is -2.06. The topological polar surface area (TPSA) is 102 Å². The average Bonchev–Trinajstić information content (AvgIpc) is 3.12. The first-order valence-corrected chi connectivity index (χ1v) is 10.3. The largest absolute Gasteiger partial charge is 0.351 e. The summed E-state index contributed by atoms with van der Waals surface area (Å²) in [7, 11) is -3.69. The van der Waals surface area contributed by atoms with Crippen molar-refractivity contribution in [2.45, 2.75) is 11.3 Å². The van der Waals surface area contributed by atoms with E-state index in [1.165, 1.54) is 23.5 Å². The third kappa shape index (κ3) is 4.34. The summed E-state index contributed by atoms with van der Waals surface area (Å²) >= 11 is 1.30. The Kier molecular flexibility index (Phi) is 5.46. The second kappa shape index (κ2) is 7.77. The third-order valence-electron chi connectivity index (χ3n) is 3.77. The van der Waals surface area contributed by atoms with E-state index in [9.17, 15) is 13.2 Å². The zero-order chi connectivity index (χ0) is 18.6. The molecule has 26 heavy (non-hydrogen) atoms. The van der Waals surface area contributed by atoms with E-state index in [1.807, 2.05) is 30.3 Å². The van der Waals surface area contributed by atoms with Gasteiger partial charge >= 0.3 is 0 Å². The molecule has 0 saturated heterocycles. The van der Waals surface area contributed by atoms with E-state index in [2.05, 4.69) is 10.3 Å². The van der Waals surface area contributed by atoms with Gasteiger partial charge in [-0.05, 0) is 24.1 Å². The van der Waals surface area contributed by atoms with Gasteiger partial charge < -0.3 is 5.32 Å². The fraction of sp³-hybridized carbons (Fsp3) is 0.111. The van der Waals surface area contributed by atoms with Crippen molar-refractivity contribution in [3.05, 3.63) is 70.5 Å². The molecular weight excluding hydrogens is 370 g/mol. The standard InChI is InChI=1S/C18H17N3O3S2/c19-26(23,24)15-8-6-13(7-9-15)10-11-20-18(22)17-16(21-12-25-17)14-4-2-1-3-5-14/h1-9,12H,10-11H2,(H,20,22)(H2,19,23,24). The summed E-state index contributed by atoms with van der Waals surface area (Å²) in [5.41, 5.74) is 4.14. The molecule has 0 unspecified atom stereocenters. The molecule has 0 fully saturated rings. The first-order valence-electron chi connectivity index (χ1n) is 7.84. The van der Waals surface area contributed by atoms with Gasteiger partial charge in [0, 0.05) is 12.1 Å². The van der Waals surface area contributed by atoms with E-state index in [-0.39, 0.29) is 10.8 Å². The number of sulfonamides is 1. The first kappa shape index (κ1) is 18.2. The van der Waals surface area contributed by atoms with Gasteiger partial charge in [0.25, 0.3) is 5.91 Å². The Labute approximate surface area is 155 Å². The Morgan fingerprint density at radius 1 is 1.08 bits per heavy atom. The number of nitrogens with zero attached hydrogens (tertiary/aromatic N) is 1. The number of aromatic nitrogens is 1. The molecule has 0 aliphatic carbocycles. The van der Waals surface area contributed by atoms with Crippen LogP contribution >= 0.6 is 11.3 Å². The molecule has 0 aliphatic rings. The van der Waals surface area contributed by atoms with Gasteiger partial charge in [0.05, 0.1) is 16.1 Å². The maximum absolute atomic E-state index is 12.4. The molecule has 0 saturated carbocycles. The zero-order valence-electron chi connectivity index (χ0n) is 13.8. The number of rotatable bonds is 6. The van der Waals surface area contributed by atoms with Crippen molar-refractivity contribution >= 4 is 27.3 Å². The van der Waals surface area contributed by atoms with Gasteiger partial charge in [-0.3, -0.25) is 4.79 Å². The number of primary sulfonamides is 1. The Hall–Kier alpha value is -2.55. The Morgan fingerprint density at radius 2 is 1.77 bits per heavy atom. The van der Waals surface area contributed by atoms with Crippen LogP contribution in [0.5, 0.6) is 0 Å². The van der Waals surface area contributed by atoms with Crippen molar-refractivity contribution in [3.8, 4) is 11.3 Å². The van der Waals surface area contributed by atoms with Crippen molar-refractivity contribution in [1.29, 1.82) is 0 Å². The second-order valence-corrected chi connectivity index (χ2v) is 8.01. The predicted molar refractivity (Wildman–Crippen MR) is 101 cm³/mol. The number of carbonyl (C=O) groups excluding carboxylic acids is 1. The number of hydrogen-bond donors (Lipinski definition) is 2. The van der Waals surface area contributed by atoms with Gasteiger partial charge in [0.1, 0.15) is 4.88 Å². The molecule has 134 valence electrons. The summed E-state index contributed by atoms with van der Waals surface area (Å²) in [4.78, 5) is 17.4. The van der Waals surface area contributed by atoms with Gasteiger partial charge in [0.2, 0.25) is 10.0 Å². The highest BCUT2D eigenvalue weighted by molar-refractivity contribution is 7.89. The molecule has 0 atom stereocenters. The van der Waals surface area contributed by atoms with E-state index in [0.717, 1.165) is 11.1 Å². The highest BCUT2D eigenvalue weighted by Gasteiger charge is 2.15. The smallest absolute Gasteiger partial charge is 0.263 e. The van der Waals surface area contributed by atoms with Crippen LogP contribution in [-0.4, -0.2) is 25.9 Å². The van der Waals surface area contributed by atoms with Crippen LogP contribution in [0.3, 0.4) is 0 Å². The van der Waals surface area contributed by atoms with Crippen molar-refractivity contribution in [3.63, 3.8) is 0 Å². The summed E-state index contributed by atoms with van der Waals surface area (Å²) in [6, 6.07) is 15.9. The van der Waals surface area contributed by atoms with Crippen LogP contribution in [0.2, 0.25) is 0 Å². The molecule has 3 rings (SSSR count). The van der Waals surface area contributed by atoms with Crippen LogP contribution in [0.4, 0.5) is 0 Å². The predicted octanol–water partition coefficient (Wildman–Crippen LogP) is 2.43. The summed E-state index contributed by atoms with van der Waals surface area (Å²) in [6.07, 6.45) is 0.579. The van der Waals surface area contributed by atoms with E-state index in [4.69, 9.17) is 5.14 Å². The highest BCUT2D eigenvalue weighted by Crippen LogP contribution is 2.25. The van der Waals surface area contributed by atoms with Crippen molar-refractivity contribution in [2.24, 2.45) is 5.14 Å². The summed E-state index contributed by atoms with van der Waals surface area (Å²) < 4.78 is 22.5. The molecule has 0 aliphatic heterocycles. The molecule has 1 aromatic heterocycles. The van der Waals surface area contributed by atoms with Crippen LogP contribution in [-0.2, 0) is 16.4 Å². The second-order valence-electron chi connectivity index (χ2n) is 5.59. The monoisotopic (exact) mass is 387 g/mol. The van der Waals surface area contributed by atoms with Crippen LogP contribution in [0.15, 0.2) is 65.0 Å². The lowest BCUT2D eigenvalue weighted by molar-refractivity contribution is 0.0958. The number of nitrogens with one attached hydrogen (secondary N) is 1. The maximum Gasteiger partial charge on any atom is 0.263 e. The van der Waals surface area contributed by atoms with E-state index < -0.39 is 10.0 Å². The molecule has 0 bridgehead atoms. The van der Waals surface area contributed by atoms with Gasteiger partial charge in [-0.25, -0.2) is 18.5 Å². The minimum Gasteiger partial charge on any atom is -0.351 e. The first-order chi connectivity index (χ1) is 12.4. The van der Waals surface area contributed by atoms with E-state index >= 15 is 0 Å². The third-order valence-corrected chi connectivity index (χ3v) is 5.53. The SMILES string of the molecule is NS(=O)(=O)c1ccc(CCNC(=O)c2scnc2-c2ccccc2)cc1. The molecule has 8 heteroatoms. The number of hydrogen-bond acceptors (Lipinski definition) is 5. The molecule has 1 amide bonds. The fourth-order valence-electron chi connectivity index (χ4n) is 2.46. The number of thiazole rings is 1. The molecule has 6 nitrogen and oxygen atoms in total. The molecule has 1 heterocycles. The summed E-state index contributed by atoms with van der Waals surface area (Å²) in [5, 5.41) is 7.95. The molecule has 3 aromatic rings. The van der Waals surface area contributed by atoms with Gasteiger partial charge in [-0.2, -0.15) is 0 Å². The quantitative estimate of drug-likeness (QED) is 0.678. The summed E-state index contributed by atoms with van der Waals surface area (Å²) in [5.74, 6) is -0.174. The van der Waals surface area contributed by atoms with E-state index in [0.29, 0.717) is 23.5 Å². The molecule has 3 N–H and O–H groups in total. The van der Waals surface area contributed by atoms with Gasteiger partial charge in [0.15, 0.2) is 0 Å². The lowest BCUT2D eigenvalue weighted by atomic mass is 10.1. The van der Waals surface area contributed by atoms with Gasteiger partial charge in [-0.1, -0.05) is 42.5 Å². The number of nitrogens with two attached hydrogens (primary N) is 1. The fourth-order valence-corrected chi connectivity index (χ4v) is 3.70. The molecule has 0 radical (unpaired) electrons. The van der Waals surface area contributed by atoms with Crippen LogP contribution in [0, 0.1) is 0 Å². The Morgan fingerprint density at radius 3 is 2.42 bits per heavy atom. The maximum atomic E-state index is 12.4. The number of carbonyl (C=O) groups is 1. The molecule has 0 spiro atoms. The van der Waals surface area contributed by atoms with Crippen molar-refractivity contribution in [2.75, 3.05) is 6.54 Å². The van der Waals surface area contributed by atoms with Crippen molar-refractivity contribution < 1.29 is 13.2 Å². The summed E-state index contributed by atoms with van der Waals surface area (Å²) in [6.45, 7) is 0.430. The number of amides is 1. The lowest BCUT2D eigenvalue weighted by Crippen LogP contribution is -2.25. The highest BCUT2D eigenvalue weighted by atomic mass is 32.2. The van der Waals surface area contributed by atoms with E-state index in [1.54, 1.807) is 17.6 Å². The minimum absolute atomic E-state index is 0.0717.